The number of carbonyl (C=O) groups is 4. The van der Waals surface area contributed by atoms with E-state index in [9.17, 15) is 24.0 Å². The van der Waals surface area contributed by atoms with Crippen molar-refractivity contribution in [1.29, 1.82) is 0 Å². The molecule has 22 nitrogen and oxygen atoms in total. The fraction of sp³-hybridized carbons (Fsp3) is 0.729. The van der Waals surface area contributed by atoms with Crippen LogP contribution >= 0.6 is 0 Å². The van der Waals surface area contributed by atoms with Crippen LogP contribution < -0.4 is 11.4 Å². The van der Waals surface area contributed by atoms with Gasteiger partial charge >= 0.3 is 11.6 Å². The summed E-state index contributed by atoms with van der Waals surface area (Å²) in [7, 11) is 1.64. The second-order valence-corrected chi connectivity index (χ2v) is 15.8. The van der Waals surface area contributed by atoms with Gasteiger partial charge in [-0.05, 0) is 43.9 Å². The first-order valence-electron chi connectivity index (χ1n) is 24.1. The number of imide groups is 1. The molecular formula is C48H77N3O19. The summed E-state index contributed by atoms with van der Waals surface area (Å²) in [6.07, 6.45) is 1.40. The number of anilines is 1. The van der Waals surface area contributed by atoms with Crippen molar-refractivity contribution < 1.29 is 85.3 Å². The number of hydrogen-bond acceptors (Lipinski definition) is 20. The number of hydroxylamine groups is 2. The second kappa shape index (κ2) is 38.5. The van der Waals surface area contributed by atoms with Crippen molar-refractivity contribution in [3.8, 4) is 0 Å². The Morgan fingerprint density at radius 3 is 1.41 bits per heavy atom. The number of amides is 3. The van der Waals surface area contributed by atoms with E-state index in [1.807, 2.05) is 13.0 Å². The summed E-state index contributed by atoms with van der Waals surface area (Å²) in [6, 6.07) is 3.45. The highest BCUT2D eigenvalue weighted by Gasteiger charge is 2.32. The molecule has 0 atom stereocenters. The molecule has 1 saturated heterocycles. The lowest BCUT2D eigenvalue weighted by molar-refractivity contribution is -0.197. The van der Waals surface area contributed by atoms with E-state index in [1.165, 1.54) is 0 Å². The first-order chi connectivity index (χ1) is 34.1. The van der Waals surface area contributed by atoms with Crippen LogP contribution in [-0.2, 0) is 87.3 Å². The van der Waals surface area contributed by atoms with Gasteiger partial charge in [-0.3, -0.25) is 14.4 Å². The molecule has 1 aliphatic rings. The molecule has 2 aromatic rings. The minimum absolute atomic E-state index is 0.00295. The maximum absolute atomic E-state index is 13.7. The number of benzene rings is 1. The largest absolute Gasteiger partial charge is 0.422 e. The van der Waals surface area contributed by atoms with Gasteiger partial charge in [0, 0.05) is 56.6 Å². The zero-order chi connectivity index (χ0) is 50.4. The Morgan fingerprint density at radius 1 is 0.571 bits per heavy atom. The van der Waals surface area contributed by atoms with Crippen LogP contribution in [-0.4, -0.2) is 206 Å². The summed E-state index contributed by atoms with van der Waals surface area (Å²) in [6.45, 7) is 14.6. The standard InChI is InChI=1S/C48H77N3O19/c1-38-35-40-39(2)41(48(56)69-43(40)37-42(38)49)36-46(54)50(10-6-4-5-7-47(55)70-51-44(52)8-9-45(51)53)11-12-58-15-16-60-19-20-62-23-24-64-27-28-66-31-32-68-34-33-67-30-29-65-26-25-63-22-21-61-18-17-59-14-13-57-3/h35,37H,4-34,36,49H2,1-3H3. The lowest BCUT2D eigenvalue weighted by Crippen LogP contribution is -2.37. The maximum atomic E-state index is 13.7. The van der Waals surface area contributed by atoms with E-state index >= 15 is 0 Å². The Bertz CT molecular complexity index is 1820. The predicted octanol–water partition coefficient (Wildman–Crippen LogP) is 2.36. The van der Waals surface area contributed by atoms with Gasteiger partial charge in [0.05, 0.1) is 164 Å². The number of nitrogens with two attached hydrogens (primary N) is 1. The molecule has 70 heavy (non-hydrogen) atoms. The van der Waals surface area contributed by atoms with E-state index in [1.54, 1.807) is 25.0 Å². The number of carbonyl (C=O) groups excluding carboxylic acids is 4. The highest BCUT2D eigenvalue weighted by atomic mass is 16.7. The third kappa shape index (κ3) is 26.3. The zero-order valence-electron chi connectivity index (χ0n) is 41.5. The molecule has 2 heterocycles. The third-order valence-electron chi connectivity index (χ3n) is 10.5. The van der Waals surface area contributed by atoms with Crippen molar-refractivity contribution in [2.75, 3.05) is 178 Å². The summed E-state index contributed by atoms with van der Waals surface area (Å²) in [5.74, 6) is -2.03. The zero-order valence-corrected chi connectivity index (χ0v) is 41.5. The molecular weight excluding hydrogens is 923 g/mol. The molecule has 0 saturated carbocycles. The summed E-state index contributed by atoms with van der Waals surface area (Å²) in [5.41, 5.74) is 8.02. The lowest BCUT2D eigenvalue weighted by Gasteiger charge is -2.23. The van der Waals surface area contributed by atoms with E-state index in [0.717, 1.165) is 5.56 Å². The van der Waals surface area contributed by atoms with Crippen LogP contribution in [0, 0.1) is 13.8 Å². The molecule has 3 amide bonds. The smallest absolute Gasteiger partial charge is 0.340 e. The molecule has 1 aromatic heterocycles. The van der Waals surface area contributed by atoms with Gasteiger partial charge in [-0.1, -0.05) is 6.42 Å². The first kappa shape index (κ1) is 60.1. The Hall–Kier alpha value is -4.17. The topological polar surface area (TPSA) is 251 Å². The van der Waals surface area contributed by atoms with Gasteiger partial charge in [0.1, 0.15) is 5.58 Å². The number of fused-ring (bicyclic) bond motifs is 1. The van der Waals surface area contributed by atoms with Crippen molar-refractivity contribution in [1.82, 2.24) is 9.96 Å². The molecule has 398 valence electrons. The minimum atomic E-state index is -0.675. The number of methoxy groups -OCH3 is 1. The molecule has 0 bridgehead atoms. The van der Waals surface area contributed by atoms with Crippen molar-refractivity contribution in [3.05, 3.63) is 39.2 Å². The summed E-state index contributed by atoms with van der Waals surface area (Å²) < 4.78 is 71.1. The van der Waals surface area contributed by atoms with Crippen LogP contribution in [0.2, 0.25) is 0 Å². The molecule has 0 aliphatic carbocycles. The van der Waals surface area contributed by atoms with Crippen molar-refractivity contribution in [2.45, 2.75) is 58.8 Å². The number of nitrogens with zero attached hydrogens (tertiary/aromatic N) is 2. The number of ether oxygens (including phenoxy) is 12. The maximum Gasteiger partial charge on any atom is 0.340 e. The van der Waals surface area contributed by atoms with Crippen molar-refractivity contribution in [3.63, 3.8) is 0 Å². The van der Waals surface area contributed by atoms with E-state index in [0.29, 0.717) is 198 Å². The Balaban J connectivity index is 1.15. The fourth-order valence-electron chi connectivity index (χ4n) is 6.56. The van der Waals surface area contributed by atoms with Gasteiger partial charge < -0.3 is 76.7 Å². The first-order valence-corrected chi connectivity index (χ1v) is 24.1. The molecule has 0 radical (unpaired) electrons. The Kier molecular flexibility index (Phi) is 33.1. The Labute approximate surface area is 410 Å². The van der Waals surface area contributed by atoms with E-state index in [2.05, 4.69) is 0 Å². The SMILES string of the molecule is COCCOCCOCCOCCOCCOCCOCCOCCOCCOCCOCCOCCN(CCCCCC(=O)ON1C(=O)CCC1=O)C(=O)Cc1c(C)c2cc(C)c(N)cc2oc1=O. The molecule has 0 unspecified atom stereocenters. The third-order valence-corrected chi connectivity index (χ3v) is 10.5. The molecule has 2 N–H and O–H groups in total. The minimum Gasteiger partial charge on any atom is -0.422 e. The van der Waals surface area contributed by atoms with Crippen LogP contribution in [0.4, 0.5) is 5.69 Å². The fourth-order valence-corrected chi connectivity index (χ4v) is 6.56. The van der Waals surface area contributed by atoms with Gasteiger partial charge in [0.2, 0.25) is 5.91 Å². The van der Waals surface area contributed by atoms with Gasteiger partial charge in [0.15, 0.2) is 0 Å². The van der Waals surface area contributed by atoms with Crippen molar-refractivity contribution >= 4 is 40.3 Å². The normalized spacial score (nSPS) is 12.8. The Morgan fingerprint density at radius 2 is 0.986 bits per heavy atom. The average molecular weight is 1000 g/mol. The molecule has 3 rings (SSSR count). The van der Waals surface area contributed by atoms with Crippen LogP contribution in [0.5, 0.6) is 0 Å². The van der Waals surface area contributed by atoms with Gasteiger partial charge in [-0.2, -0.15) is 0 Å². The van der Waals surface area contributed by atoms with Crippen molar-refractivity contribution in [2.24, 2.45) is 0 Å². The molecule has 1 aromatic carbocycles. The monoisotopic (exact) mass is 1000 g/mol. The van der Waals surface area contributed by atoms with Gasteiger partial charge in [0.25, 0.3) is 11.8 Å². The number of unbranched alkanes of at least 4 members (excludes halogenated alkanes) is 2. The number of hydrogen-bond donors (Lipinski definition) is 1. The van der Waals surface area contributed by atoms with Crippen LogP contribution in [0.1, 0.15) is 55.2 Å². The van der Waals surface area contributed by atoms with Crippen LogP contribution in [0.25, 0.3) is 11.0 Å². The van der Waals surface area contributed by atoms with E-state index in [4.69, 9.17) is 71.8 Å². The average Bonchev–Trinajstić information content (AvgIpc) is 3.66. The molecule has 22 heteroatoms. The summed E-state index contributed by atoms with van der Waals surface area (Å²) in [5, 5.41) is 1.24. The van der Waals surface area contributed by atoms with Gasteiger partial charge in [-0.15, -0.1) is 5.06 Å². The highest BCUT2D eigenvalue weighted by molar-refractivity contribution is 6.01. The van der Waals surface area contributed by atoms with Gasteiger partial charge in [-0.25, -0.2) is 9.59 Å². The highest BCUT2D eigenvalue weighted by Crippen LogP contribution is 2.25. The number of rotatable bonds is 45. The number of aryl methyl sites for hydroxylation is 2. The molecule has 0 spiro atoms. The molecule has 1 aliphatic heterocycles. The lowest BCUT2D eigenvalue weighted by atomic mass is 10.0. The predicted molar refractivity (Wildman–Crippen MR) is 253 cm³/mol. The summed E-state index contributed by atoms with van der Waals surface area (Å²) in [4.78, 5) is 69.0. The second-order valence-electron chi connectivity index (χ2n) is 15.8. The van der Waals surface area contributed by atoms with Crippen LogP contribution in [0.3, 0.4) is 0 Å². The quantitative estimate of drug-likeness (QED) is 0.0433. The van der Waals surface area contributed by atoms with Crippen LogP contribution in [0.15, 0.2) is 21.3 Å². The summed E-state index contributed by atoms with van der Waals surface area (Å²) >= 11 is 0. The van der Waals surface area contributed by atoms with E-state index in [-0.39, 0.29) is 50.3 Å². The number of nitrogen functional groups attached to an aromatic ring is 1. The molecule has 1 fully saturated rings. The van der Waals surface area contributed by atoms with E-state index < -0.39 is 23.4 Å².